The molecular weight excluding hydrogens is 184 g/mol. The van der Waals surface area contributed by atoms with E-state index < -0.39 is 0 Å². The highest BCUT2D eigenvalue weighted by Gasteiger charge is 2.04. The van der Waals surface area contributed by atoms with E-state index in [1.165, 1.54) is 5.56 Å². The largest absolute Gasteiger partial charge is 0.256 e. The van der Waals surface area contributed by atoms with Crippen molar-refractivity contribution in [3.63, 3.8) is 0 Å². The fourth-order valence-electron chi connectivity index (χ4n) is 1.58. The maximum atomic E-state index is 8.99. The molecule has 2 nitrogen and oxygen atoms in total. The number of rotatable bonds is 1. The minimum absolute atomic E-state index is 0.439. The Morgan fingerprint density at radius 2 is 2.13 bits per heavy atom. The van der Waals surface area contributed by atoms with Gasteiger partial charge < -0.3 is 0 Å². The third kappa shape index (κ3) is 1.69. The Morgan fingerprint density at radius 3 is 2.80 bits per heavy atom. The average molecular weight is 196 g/mol. The Bertz CT molecular complexity index is 536. The molecule has 0 bridgehead atoms. The van der Waals surface area contributed by atoms with E-state index in [1.54, 1.807) is 0 Å². The molecule has 0 saturated carbocycles. The molecule has 0 aliphatic rings. The Balaban J connectivity index is 2.74. The van der Waals surface area contributed by atoms with Gasteiger partial charge in [0.1, 0.15) is 0 Å². The lowest BCUT2D eigenvalue weighted by Gasteiger charge is -2.06. The molecule has 0 unspecified atom stereocenters. The molecule has 0 radical (unpaired) electrons. The summed E-state index contributed by atoms with van der Waals surface area (Å²) in [7, 11) is 0. The van der Waals surface area contributed by atoms with Crippen molar-refractivity contribution in [2.45, 2.75) is 19.8 Å². The van der Waals surface area contributed by atoms with Crippen LogP contribution in [0.4, 0.5) is 0 Å². The van der Waals surface area contributed by atoms with Gasteiger partial charge in [-0.2, -0.15) is 5.26 Å². The van der Waals surface area contributed by atoms with E-state index in [1.807, 2.05) is 24.4 Å². The molecule has 2 heteroatoms. The zero-order chi connectivity index (χ0) is 10.8. The summed E-state index contributed by atoms with van der Waals surface area (Å²) in [5.74, 6) is 0.439. The van der Waals surface area contributed by atoms with Gasteiger partial charge in [-0.3, -0.25) is 4.98 Å². The molecule has 2 aromatic rings. The van der Waals surface area contributed by atoms with Crippen LogP contribution < -0.4 is 0 Å². The molecule has 2 rings (SSSR count). The zero-order valence-corrected chi connectivity index (χ0v) is 8.86. The van der Waals surface area contributed by atoms with Crippen LogP contribution in [-0.4, -0.2) is 4.98 Å². The molecule has 1 aromatic carbocycles. The van der Waals surface area contributed by atoms with Gasteiger partial charge in [-0.05, 0) is 29.7 Å². The first-order valence-corrected chi connectivity index (χ1v) is 5.01. The molecule has 15 heavy (non-hydrogen) atoms. The fraction of sp³-hybridized carbons (Fsp3) is 0.231. The van der Waals surface area contributed by atoms with Crippen LogP contribution in [0.25, 0.3) is 10.9 Å². The van der Waals surface area contributed by atoms with Crippen molar-refractivity contribution in [2.24, 2.45) is 0 Å². The van der Waals surface area contributed by atoms with Crippen molar-refractivity contribution >= 4 is 10.9 Å². The maximum absolute atomic E-state index is 8.99. The van der Waals surface area contributed by atoms with Gasteiger partial charge in [0.25, 0.3) is 0 Å². The van der Waals surface area contributed by atoms with E-state index >= 15 is 0 Å². The van der Waals surface area contributed by atoms with Crippen molar-refractivity contribution in [3.05, 3.63) is 41.6 Å². The number of hydrogen-bond donors (Lipinski definition) is 0. The standard InChI is InChI=1S/C13H12N2/c1-9(2)11-6-12-10(7-14)4-3-5-13(12)15-8-11/h3-6,8-9H,1-2H3. The van der Waals surface area contributed by atoms with Gasteiger partial charge in [-0.15, -0.1) is 0 Å². The van der Waals surface area contributed by atoms with Gasteiger partial charge in [0.2, 0.25) is 0 Å². The van der Waals surface area contributed by atoms with Gasteiger partial charge in [0.15, 0.2) is 0 Å². The second-order valence-corrected chi connectivity index (χ2v) is 3.91. The Morgan fingerprint density at radius 1 is 1.33 bits per heavy atom. The maximum Gasteiger partial charge on any atom is 0.0998 e. The third-order valence-electron chi connectivity index (χ3n) is 2.53. The average Bonchev–Trinajstić information content (AvgIpc) is 2.27. The van der Waals surface area contributed by atoms with Crippen molar-refractivity contribution in [1.82, 2.24) is 4.98 Å². The Labute approximate surface area is 89.2 Å². The quantitative estimate of drug-likeness (QED) is 0.702. The third-order valence-corrected chi connectivity index (χ3v) is 2.53. The van der Waals surface area contributed by atoms with Crippen LogP contribution in [0.3, 0.4) is 0 Å². The summed E-state index contributed by atoms with van der Waals surface area (Å²) in [6.45, 7) is 4.25. The lowest BCUT2D eigenvalue weighted by Crippen LogP contribution is -1.91. The molecule has 1 heterocycles. The van der Waals surface area contributed by atoms with Crippen molar-refractivity contribution in [1.29, 1.82) is 5.26 Å². The topological polar surface area (TPSA) is 36.7 Å². The lowest BCUT2D eigenvalue weighted by atomic mass is 10.0. The molecule has 1 aromatic heterocycles. The monoisotopic (exact) mass is 196 g/mol. The van der Waals surface area contributed by atoms with Crippen LogP contribution in [0.15, 0.2) is 30.5 Å². The zero-order valence-electron chi connectivity index (χ0n) is 8.86. The molecule has 0 atom stereocenters. The summed E-state index contributed by atoms with van der Waals surface area (Å²) in [6.07, 6.45) is 1.88. The number of nitriles is 1. The van der Waals surface area contributed by atoms with Crippen LogP contribution in [0.2, 0.25) is 0 Å². The summed E-state index contributed by atoms with van der Waals surface area (Å²) >= 11 is 0. The second kappa shape index (κ2) is 3.70. The van der Waals surface area contributed by atoms with Crippen molar-refractivity contribution in [3.8, 4) is 6.07 Å². The number of aromatic nitrogens is 1. The summed E-state index contributed by atoms with van der Waals surface area (Å²) in [4.78, 5) is 4.36. The first-order chi connectivity index (χ1) is 7.22. The molecule has 0 fully saturated rings. The number of nitrogens with zero attached hydrogens (tertiary/aromatic N) is 2. The van der Waals surface area contributed by atoms with Crippen LogP contribution in [0, 0.1) is 11.3 Å². The minimum atomic E-state index is 0.439. The normalized spacial score (nSPS) is 10.5. The Hall–Kier alpha value is -1.88. The molecule has 0 N–H and O–H groups in total. The van der Waals surface area contributed by atoms with Crippen LogP contribution in [0.5, 0.6) is 0 Å². The molecule has 0 saturated heterocycles. The molecule has 0 spiro atoms. The summed E-state index contributed by atoms with van der Waals surface area (Å²) < 4.78 is 0. The molecule has 0 aliphatic heterocycles. The predicted octanol–water partition coefficient (Wildman–Crippen LogP) is 3.23. The van der Waals surface area contributed by atoms with Crippen molar-refractivity contribution in [2.75, 3.05) is 0 Å². The second-order valence-electron chi connectivity index (χ2n) is 3.91. The number of pyridine rings is 1. The number of fused-ring (bicyclic) bond motifs is 1. The van der Waals surface area contributed by atoms with Gasteiger partial charge >= 0.3 is 0 Å². The van der Waals surface area contributed by atoms with E-state index in [0.29, 0.717) is 11.5 Å². The van der Waals surface area contributed by atoms with Gasteiger partial charge in [-0.25, -0.2) is 0 Å². The van der Waals surface area contributed by atoms with E-state index in [4.69, 9.17) is 5.26 Å². The molecule has 0 amide bonds. The summed E-state index contributed by atoms with van der Waals surface area (Å²) in [5.41, 5.74) is 2.76. The van der Waals surface area contributed by atoms with Crippen LogP contribution in [-0.2, 0) is 0 Å². The summed E-state index contributed by atoms with van der Waals surface area (Å²) in [5, 5.41) is 9.94. The summed E-state index contributed by atoms with van der Waals surface area (Å²) in [6, 6.07) is 9.88. The fourth-order valence-corrected chi connectivity index (χ4v) is 1.58. The van der Waals surface area contributed by atoms with Crippen molar-refractivity contribution < 1.29 is 0 Å². The van der Waals surface area contributed by atoms with Crippen LogP contribution in [0.1, 0.15) is 30.9 Å². The van der Waals surface area contributed by atoms with Gasteiger partial charge in [0, 0.05) is 11.6 Å². The highest BCUT2D eigenvalue weighted by atomic mass is 14.7. The van der Waals surface area contributed by atoms with Crippen LogP contribution >= 0.6 is 0 Å². The van der Waals surface area contributed by atoms with Gasteiger partial charge in [0.05, 0.1) is 17.1 Å². The SMILES string of the molecule is CC(C)c1cnc2cccc(C#N)c2c1. The van der Waals surface area contributed by atoms with E-state index in [0.717, 1.165) is 10.9 Å². The lowest BCUT2D eigenvalue weighted by molar-refractivity contribution is 0.862. The first-order valence-electron chi connectivity index (χ1n) is 5.01. The smallest absolute Gasteiger partial charge is 0.0998 e. The predicted molar refractivity (Wildman–Crippen MR) is 60.5 cm³/mol. The number of benzene rings is 1. The first kappa shape index (κ1) is 9.67. The van der Waals surface area contributed by atoms with Gasteiger partial charge in [-0.1, -0.05) is 19.9 Å². The minimum Gasteiger partial charge on any atom is -0.256 e. The van der Waals surface area contributed by atoms with E-state index in [-0.39, 0.29) is 0 Å². The highest BCUT2D eigenvalue weighted by Crippen LogP contribution is 2.21. The molecule has 0 aliphatic carbocycles. The molecule has 74 valence electrons. The number of hydrogen-bond acceptors (Lipinski definition) is 2. The Kier molecular flexibility index (Phi) is 2.39. The van der Waals surface area contributed by atoms with E-state index in [9.17, 15) is 0 Å². The van der Waals surface area contributed by atoms with E-state index in [2.05, 4.69) is 31.0 Å². The highest BCUT2D eigenvalue weighted by molar-refractivity contribution is 5.85. The molecular formula is C13H12N2.